The summed E-state index contributed by atoms with van der Waals surface area (Å²) in [6, 6.07) is 8.99. The quantitative estimate of drug-likeness (QED) is 0.738. The summed E-state index contributed by atoms with van der Waals surface area (Å²) in [7, 11) is 0. The van der Waals surface area contributed by atoms with E-state index >= 15 is 0 Å². The fraction of sp³-hybridized carbons (Fsp3) is 0.0714. The van der Waals surface area contributed by atoms with Crippen molar-refractivity contribution in [2.45, 2.75) is 6.92 Å². The smallest absolute Gasteiger partial charge is 0.255 e. The van der Waals surface area contributed by atoms with Crippen LogP contribution in [-0.4, -0.2) is 16.1 Å². The van der Waals surface area contributed by atoms with Crippen molar-refractivity contribution in [2.75, 3.05) is 5.32 Å². The van der Waals surface area contributed by atoms with E-state index in [-0.39, 0.29) is 22.4 Å². The molecule has 5 heteroatoms. The molecule has 3 N–H and O–H groups in total. The van der Waals surface area contributed by atoms with Gasteiger partial charge in [0, 0.05) is 11.3 Å². The molecule has 4 nitrogen and oxygen atoms in total. The normalized spacial score (nSPS) is 10.2. The molecule has 0 atom stereocenters. The number of aromatic hydroxyl groups is 2. The number of rotatable bonds is 2. The predicted octanol–water partition coefficient (Wildman–Crippen LogP) is 3.31. The average molecular weight is 278 g/mol. The van der Waals surface area contributed by atoms with Crippen molar-refractivity contribution in [1.29, 1.82) is 0 Å². The number of hydrogen-bond acceptors (Lipinski definition) is 3. The first-order valence-corrected chi connectivity index (χ1v) is 5.94. The summed E-state index contributed by atoms with van der Waals surface area (Å²) in [5.41, 5.74) is 1.58. The van der Waals surface area contributed by atoms with Gasteiger partial charge in [-0.05, 0) is 48.9 Å². The Morgan fingerprint density at radius 3 is 2.42 bits per heavy atom. The van der Waals surface area contributed by atoms with E-state index < -0.39 is 0 Å². The van der Waals surface area contributed by atoms with Gasteiger partial charge in [-0.25, -0.2) is 0 Å². The molecule has 0 aliphatic rings. The lowest BCUT2D eigenvalue weighted by atomic mass is 10.1. The third-order valence-electron chi connectivity index (χ3n) is 2.66. The highest BCUT2D eigenvalue weighted by molar-refractivity contribution is 6.32. The van der Waals surface area contributed by atoms with Crippen LogP contribution in [0.2, 0.25) is 5.02 Å². The van der Waals surface area contributed by atoms with Crippen LogP contribution in [0.15, 0.2) is 36.4 Å². The molecule has 0 aromatic heterocycles. The number of benzene rings is 2. The summed E-state index contributed by atoms with van der Waals surface area (Å²) in [6.45, 7) is 1.74. The highest BCUT2D eigenvalue weighted by Gasteiger charge is 2.09. The molecule has 0 fully saturated rings. The largest absolute Gasteiger partial charge is 0.508 e. The summed E-state index contributed by atoms with van der Waals surface area (Å²) < 4.78 is 0. The second-order valence-electron chi connectivity index (χ2n) is 4.12. The van der Waals surface area contributed by atoms with Crippen LogP contribution in [0, 0.1) is 6.92 Å². The van der Waals surface area contributed by atoms with E-state index in [0.29, 0.717) is 16.8 Å². The van der Waals surface area contributed by atoms with Crippen LogP contribution >= 0.6 is 11.6 Å². The molecule has 0 heterocycles. The molecule has 19 heavy (non-hydrogen) atoms. The van der Waals surface area contributed by atoms with Gasteiger partial charge in [-0.3, -0.25) is 4.79 Å². The summed E-state index contributed by atoms with van der Waals surface area (Å²) in [5.74, 6) is -0.239. The van der Waals surface area contributed by atoms with Crippen LogP contribution in [0.4, 0.5) is 5.69 Å². The van der Waals surface area contributed by atoms with Gasteiger partial charge >= 0.3 is 0 Å². The molecule has 0 saturated heterocycles. The van der Waals surface area contributed by atoms with Gasteiger partial charge in [0.1, 0.15) is 11.5 Å². The van der Waals surface area contributed by atoms with Crippen LogP contribution in [0.1, 0.15) is 15.9 Å². The van der Waals surface area contributed by atoms with Gasteiger partial charge in [-0.2, -0.15) is 0 Å². The molecule has 98 valence electrons. The lowest BCUT2D eigenvalue weighted by Crippen LogP contribution is -2.11. The zero-order valence-corrected chi connectivity index (χ0v) is 10.9. The molecule has 0 bridgehead atoms. The van der Waals surface area contributed by atoms with E-state index in [1.54, 1.807) is 19.1 Å². The Morgan fingerprint density at radius 2 is 1.79 bits per heavy atom. The first-order chi connectivity index (χ1) is 8.97. The monoisotopic (exact) mass is 277 g/mol. The molecular weight excluding hydrogens is 266 g/mol. The molecular formula is C14H12ClNO3. The second-order valence-corrected chi connectivity index (χ2v) is 4.53. The molecule has 0 spiro atoms. The minimum absolute atomic E-state index is 0.0707. The SMILES string of the molecule is Cc1cc(NC(=O)c2ccc(O)c(Cl)c2)ccc1O. The van der Waals surface area contributed by atoms with E-state index in [1.165, 1.54) is 24.3 Å². The number of aryl methyl sites for hydroxylation is 1. The Hall–Kier alpha value is -2.20. The van der Waals surface area contributed by atoms with Crippen molar-refractivity contribution >= 4 is 23.2 Å². The molecule has 0 radical (unpaired) electrons. The fourth-order valence-corrected chi connectivity index (χ4v) is 1.77. The Labute approximate surface area is 115 Å². The summed E-state index contributed by atoms with van der Waals surface area (Å²) in [6.07, 6.45) is 0. The molecule has 0 unspecified atom stereocenters. The number of halogens is 1. The van der Waals surface area contributed by atoms with Crippen LogP contribution in [0.25, 0.3) is 0 Å². The van der Waals surface area contributed by atoms with Gasteiger partial charge in [0.15, 0.2) is 0 Å². The number of carbonyl (C=O) groups excluding carboxylic acids is 1. The molecule has 2 aromatic carbocycles. The van der Waals surface area contributed by atoms with Gasteiger partial charge in [0.05, 0.1) is 5.02 Å². The zero-order chi connectivity index (χ0) is 14.0. The Kier molecular flexibility index (Phi) is 3.62. The molecule has 1 amide bonds. The Morgan fingerprint density at radius 1 is 1.11 bits per heavy atom. The second kappa shape index (κ2) is 5.20. The van der Waals surface area contributed by atoms with E-state index in [9.17, 15) is 15.0 Å². The van der Waals surface area contributed by atoms with Crippen LogP contribution in [0.5, 0.6) is 11.5 Å². The zero-order valence-electron chi connectivity index (χ0n) is 10.1. The molecule has 0 aliphatic heterocycles. The van der Waals surface area contributed by atoms with Crippen LogP contribution in [-0.2, 0) is 0 Å². The summed E-state index contributed by atoms with van der Waals surface area (Å²) in [4.78, 5) is 12.0. The number of carbonyl (C=O) groups is 1. The third kappa shape index (κ3) is 2.98. The van der Waals surface area contributed by atoms with Crippen molar-refractivity contribution in [1.82, 2.24) is 0 Å². The Bertz CT molecular complexity index is 641. The number of hydrogen-bond donors (Lipinski definition) is 3. The van der Waals surface area contributed by atoms with E-state index in [4.69, 9.17) is 11.6 Å². The lowest BCUT2D eigenvalue weighted by molar-refractivity contribution is 0.102. The number of phenols is 2. The fourth-order valence-electron chi connectivity index (χ4n) is 1.58. The van der Waals surface area contributed by atoms with Gasteiger partial charge in [0.25, 0.3) is 5.91 Å². The van der Waals surface area contributed by atoms with Crippen molar-refractivity contribution in [3.8, 4) is 11.5 Å². The average Bonchev–Trinajstić information content (AvgIpc) is 2.37. The van der Waals surface area contributed by atoms with Crippen LogP contribution < -0.4 is 5.32 Å². The maximum atomic E-state index is 12.0. The number of anilines is 1. The van der Waals surface area contributed by atoms with Gasteiger partial charge < -0.3 is 15.5 Å². The standard InChI is InChI=1S/C14H12ClNO3/c1-8-6-10(3-5-12(8)17)16-14(19)9-2-4-13(18)11(15)7-9/h2-7,17-18H,1H3,(H,16,19). The number of nitrogens with one attached hydrogen (secondary N) is 1. The van der Waals surface area contributed by atoms with Crippen molar-refractivity contribution in [3.05, 3.63) is 52.5 Å². The highest BCUT2D eigenvalue weighted by atomic mass is 35.5. The van der Waals surface area contributed by atoms with E-state index in [2.05, 4.69) is 5.32 Å². The van der Waals surface area contributed by atoms with Crippen molar-refractivity contribution in [3.63, 3.8) is 0 Å². The minimum Gasteiger partial charge on any atom is -0.508 e. The summed E-state index contributed by atoms with van der Waals surface area (Å²) >= 11 is 5.74. The first-order valence-electron chi connectivity index (χ1n) is 5.57. The third-order valence-corrected chi connectivity index (χ3v) is 2.97. The topological polar surface area (TPSA) is 69.6 Å². The molecule has 0 saturated carbocycles. The number of phenolic OH excluding ortho intramolecular Hbond substituents is 2. The predicted molar refractivity (Wildman–Crippen MR) is 73.9 cm³/mol. The number of amides is 1. The lowest BCUT2D eigenvalue weighted by Gasteiger charge is -2.07. The van der Waals surface area contributed by atoms with Crippen molar-refractivity contribution in [2.24, 2.45) is 0 Å². The van der Waals surface area contributed by atoms with Crippen LogP contribution in [0.3, 0.4) is 0 Å². The minimum atomic E-state index is -0.341. The van der Waals surface area contributed by atoms with Crippen molar-refractivity contribution < 1.29 is 15.0 Å². The van der Waals surface area contributed by atoms with Gasteiger partial charge in [-0.1, -0.05) is 11.6 Å². The maximum absolute atomic E-state index is 12.0. The molecule has 0 aliphatic carbocycles. The Balaban J connectivity index is 2.20. The molecule has 2 rings (SSSR count). The van der Waals surface area contributed by atoms with Gasteiger partial charge in [-0.15, -0.1) is 0 Å². The van der Waals surface area contributed by atoms with Gasteiger partial charge in [0.2, 0.25) is 0 Å². The maximum Gasteiger partial charge on any atom is 0.255 e. The molecule has 2 aromatic rings. The van der Waals surface area contributed by atoms with E-state index in [0.717, 1.165) is 0 Å². The highest BCUT2D eigenvalue weighted by Crippen LogP contribution is 2.25. The summed E-state index contributed by atoms with van der Waals surface area (Å²) in [5, 5.41) is 21.5. The van der Waals surface area contributed by atoms with E-state index in [1.807, 2.05) is 0 Å². The first kappa shape index (κ1) is 13.2.